The predicted octanol–water partition coefficient (Wildman–Crippen LogP) is 3.79. The lowest BCUT2D eigenvalue weighted by Crippen LogP contribution is -2.33. The lowest BCUT2D eigenvalue weighted by Gasteiger charge is -2.28. The van der Waals surface area contributed by atoms with E-state index in [1.165, 1.54) is 23.4 Å². The molecule has 0 radical (unpaired) electrons. The fraction of sp³-hybridized carbons (Fsp3) is 0.259. The molecule has 1 unspecified atom stereocenters. The van der Waals surface area contributed by atoms with Crippen molar-refractivity contribution in [2.75, 3.05) is 19.7 Å². The first-order chi connectivity index (χ1) is 16.9. The minimum Gasteiger partial charge on any atom is -0.505 e. The molecule has 0 spiro atoms. The van der Waals surface area contributed by atoms with Crippen LogP contribution < -0.4 is 10.2 Å². The summed E-state index contributed by atoms with van der Waals surface area (Å²) in [5.74, 6) is -1.41. The van der Waals surface area contributed by atoms with Crippen molar-refractivity contribution in [1.29, 1.82) is 0 Å². The Morgan fingerprint density at radius 1 is 1.20 bits per heavy atom. The standard InChI is InChI=1S/C27H28FN3O4/c1-18(32)24-15-23(35-13-12-31-11-10-19-4-2-3-5-22(19)17-31)8-6-21(24)16-29-30-27(34)20-7-9-26(33)25(28)14-20/h2-9,14-16,18,32-33H,10-13,17H2,1H3,(H,30,34)/b29-16+. The molecule has 1 aliphatic rings. The third kappa shape index (κ3) is 6.23. The molecule has 4 rings (SSSR count). The number of phenols is 1. The molecule has 3 aromatic rings. The summed E-state index contributed by atoms with van der Waals surface area (Å²) < 4.78 is 19.4. The molecule has 0 aliphatic carbocycles. The Labute approximate surface area is 203 Å². The molecule has 182 valence electrons. The third-order valence-electron chi connectivity index (χ3n) is 5.97. The Morgan fingerprint density at radius 3 is 2.77 bits per heavy atom. The van der Waals surface area contributed by atoms with Gasteiger partial charge in [-0.1, -0.05) is 24.3 Å². The van der Waals surface area contributed by atoms with Gasteiger partial charge in [0.15, 0.2) is 11.6 Å². The zero-order valence-electron chi connectivity index (χ0n) is 19.4. The highest BCUT2D eigenvalue weighted by molar-refractivity contribution is 5.95. The summed E-state index contributed by atoms with van der Waals surface area (Å²) in [6, 6.07) is 17.1. The van der Waals surface area contributed by atoms with Crippen LogP contribution in [0.1, 0.15) is 45.6 Å². The molecule has 35 heavy (non-hydrogen) atoms. The van der Waals surface area contributed by atoms with Crippen molar-refractivity contribution in [1.82, 2.24) is 10.3 Å². The number of benzene rings is 3. The van der Waals surface area contributed by atoms with Crippen LogP contribution in [0.15, 0.2) is 65.8 Å². The Morgan fingerprint density at radius 2 is 2.00 bits per heavy atom. The van der Waals surface area contributed by atoms with Crippen LogP contribution in [0.5, 0.6) is 11.5 Å². The smallest absolute Gasteiger partial charge is 0.271 e. The number of nitrogens with one attached hydrogen (secondary N) is 1. The number of aromatic hydroxyl groups is 1. The van der Waals surface area contributed by atoms with Gasteiger partial charge in [-0.2, -0.15) is 5.10 Å². The number of hydrazone groups is 1. The third-order valence-corrected chi connectivity index (χ3v) is 5.97. The fourth-order valence-corrected chi connectivity index (χ4v) is 4.03. The molecule has 8 heteroatoms. The van der Waals surface area contributed by atoms with E-state index in [0.717, 1.165) is 38.2 Å². The second kappa shape index (κ2) is 11.1. The number of rotatable bonds is 8. The minimum atomic E-state index is -0.890. The molecule has 1 heterocycles. The van der Waals surface area contributed by atoms with Gasteiger partial charge < -0.3 is 14.9 Å². The number of fused-ring (bicyclic) bond motifs is 1. The lowest BCUT2D eigenvalue weighted by molar-refractivity contribution is 0.0954. The fourth-order valence-electron chi connectivity index (χ4n) is 4.03. The van der Waals surface area contributed by atoms with E-state index >= 15 is 0 Å². The molecule has 0 bridgehead atoms. The molecule has 0 saturated carbocycles. The molecule has 0 aromatic heterocycles. The second-order valence-electron chi connectivity index (χ2n) is 8.48. The maximum Gasteiger partial charge on any atom is 0.271 e. The summed E-state index contributed by atoms with van der Waals surface area (Å²) in [7, 11) is 0. The van der Waals surface area contributed by atoms with E-state index < -0.39 is 23.6 Å². The van der Waals surface area contributed by atoms with Gasteiger partial charge >= 0.3 is 0 Å². The van der Waals surface area contributed by atoms with Crippen molar-refractivity contribution >= 4 is 12.1 Å². The van der Waals surface area contributed by atoms with Gasteiger partial charge in [-0.3, -0.25) is 9.69 Å². The van der Waals surface area contributed by atoms with E-state index in [-0.39, 0.29) is 5.56 Å². The molecule has 1 atom stereocenters. The summed E-state index contributed by atoms with van der Waals surface area (Å²) in [6.45, 7) is 4.87. The zero-order valence-corrected chi connectivity index (χ0v) is 19.4. The predicted molar refractivity (Wildman–Crippen MR) is 131 cm³/mol. The Bertz CT molecular complexity index is 1230. The number of phenolic OH excluding ortho intramolecular Hbond substituents is 1. The summed E-state index contributed by atoms with van der Waals surface area (Å²) in [6.07, 6.45) is 1.67. The summed E-state index contributed by atoms with van der Waals surface area (Å²) in [5.41, 5.74) is 6.32. The highest BCUT2D eigenvalue weighted by Gasteiger charge is 2.16. The van der Waals surface area contributed by atoms with Gasteiger partial charge in [-0.25, -0.2) is 9.82 Å². The normalized spacial score (nSPS) is 14.5. The van der Waals surface area contributed by atoms with Crippen molar-refractivity contribution in [3.8, 4) is 11.5 Å². The minimum absolute atomic E-state index is 0.0224. The van der Waals surface area contributed by atoms with Crippen molar-refractivity contribution < 1.29 is 24.1 Å². The van der Waals surface area contributed by atoms with Crippen LogP contribution in [0.3, 0.4) is 0 Å². The van der Waals surface area contributed by atoms with E-state index in [9.17, 15) is 19.4 Å². The number of nitrogens with zero attached hydrogens (tertiary/aromatic N) is 2. The van der Waals surface area contributed by atoms with E-state index in [2.05, 4.69) is 39.7 Å². The Balaban J connectivity index is 1.33. The number of hydrogen-bond donors (Lipinski definition) is 3. The largest absolute Gasteiger partial charge is 0.505 e. The molecule has 7 nitrogen and oxygen atoms in total. The van der Waals surface area contributed by atoms with Gasteiger partial charge in [0.25, 0.3) is 5.91 Å². The Kier molecular flexibility index (Phi) is 7.74. The van der Waals surface area contributed by atoms with Crippen LogP contribution in [0.4, 0.5) is 4.39 Å². The molecular weight excluding hydrogens is 449 g/mol. The van der Waals surface area contributed by atoms with Gasteiger partial charge in [0.2, 0.25) is 0 Å². The molecule has 0 saturated heterocycles. The number of ether oxygens (including phenoxy) is 1. The van der Waals surface area contributed by atoms with E-state index in [0.29, 0.717) is 23.5 Å². The van der Waals surface area contributed by atoms with Crippen molar-refractivity contribution in [2.45, 2.75) is 26.0 Å². The second-order valence-corrected chi connectivity index (χ2v) is 8.48. The molecule has 3 aromatic carbocycles. The monoisotopic (exact) mass is 477 g/mol. The number of carbonyl (C=O) groups is 1. The molecule has 0 fully saturated rings. The van der Waals surface area contributed by atoms with Gasteiger partial charge in [0, 0.05) is 30.8 Å². The van der Waals surface area contributed by atoms with Crippen LogP contribution in [0.25, 0.3) is 0 Å². The number of halogens is 1. The summed E-state index contributed by atoms with van der Waals surface area (Å²) in [4.78, 5) is 14.5. The molecule has 3 N–H and O–H groups in total. The number of aliphatic hydroxyl groups excluding tert-OH is 1. The van der Waals surface area contributed by atoms with Gasteiger partial charge in [0.1, 0.15) is 12.4 Å². The number of hydrogen-bond acceptors (Lipinski definition) is 6. The van der Waals surface area contributed by atoms with Crippen LogP contribution >= 0.6 is 0 Å². The highest BCUT2D eigenvalue weighted by Crippen LogP contribution is 2.23. The number of carbonyl (C=O) groups excluding carboxylic acids is 1. The van der Waals surface area contributed by atoms with Gasteiger partial charge in [0.05, 0.1) is 12.3 Å². The first-order valence-corrected chi connectivity index (χ1v) is 11.5. The van der Waals surface area contributed by atoms with Crippen molar-refractivity contribution in [2.24, 2.45) is 5.10 Å². The molecule has 1 amide bonds. The van der Waals surface area contributed by atoms with Crippen LogP contribution in [0.2, 0.25) is 0 Å². The summed E-state index contributed by atoms with van der Waals surface area (Å²) in [5, 5.41) is 23.4. The van der Waals surface area contributed by atoms with Crippen molar-refractivity contribution in [3.63, 3.8) is 0 Å². The van der Waals surface area contributed by atoms with Gasteiger partial charge in [-0.15, -0.1) is 0 Å². The first-order valence-electron chi connectivity index (χ1n) is 11.5. The van der Waals surface area contributed by atoms with Crippen LogP contribution in [0, 0.1) is 5.82 Å². The number of aliphatic hydroxyl groups is 1. The van der Waals surface area contributed by atoms with E-state index in [1.54, 1.807) is 25.1 Å². The Hall–Kier alpha value is -3.75. The quantitative estimate of drug-likeness (QED) is 0.339. The molecule has 1 aliphatic heterocycles. The topological polar surface area (TPSA) is 94.4 Å². The first kappa shape index (κ1) is 24.4. The van der Waals surface area contributed by atoms with Crippen molar-refractivity contribution in [3.05, 3.63) is 94.3 Å². The maximum absolute atomic E-state index is 13.4. The van der Waals surface area contributed by atoms with Crippen LogP contribution in [-0.2, 0) is 13.0 Å². The number of amides is 1. The molecular formula is C27H28FN3O4. The van der Waals surface area contributed by atoms with Gasteiger partial charge in [-0.05, 0) is 66.4 Å². The summed E-state index contributed by atoms with van der Waals surface area (Å²) >= 11 is 0. The average molecular weight is 478 g/mol. The SMILES string of the molecule is CC(O)c1cc(OCCN2CCc3ccccc3C2)ccc1/C=N/NC(=O)c1ccc(O)c(F)c1. The highest BCUT2D eigenvalue weighted by atomic mass is 19.1. The van der Waals surface area contributed by atoms with E-state index in [1.807, 2.05) is 0 Å². The zero-order chi connectivity index (χ0) is 24.8. The average Bonchev–Trinajstić information content (AvgIpc) is 2.86. The van der Waals surface area contributed by atoms with Crippen LogP contribution in [-0.4, -0.2) is 46.9 Å². The van der Waals surface area contributed by atoms with E-state index in [4.69, 9.17) is 4.74 Å². The lowest BCUT2D eigenvalue weighted by atomic mass is 10.0. The maximum atomic E-state index is 13.4.